The third-order valence-corrected chi connectivity index (χ3v) is 8.33. The molecule has 256 valence electrons. The number of hydrogen-bond donors (Lipinski definition) is 1. The number of anilines is 1. The normalized spacial score (nSPS) is 16.9. The van der Waals surface area contributed by atoms with E-state index in [0.717, 1.165) is 6.20 Å². The van der Waals surface area contributed by atoms with Gasteiger partial charge < -0.3 is 10.1 Å². The number of aromatic nitrogens is 7. The number of halogens is 6. The zero-order chi connectivity index (χ0) is 35.0. The lowest BCUT2D eigenvalue weighted by Gasteiger charge is -2.22. The molecule has 0 fully saturated rings. The molecule has 1 aliphatic rings. The number of hydrogen-bond acceptors (Lipinski definition) is 8. The minimum absolute atomic E-state index is 0.0194. The van der Waals surface area contributed by atoms with Crippen LogP contribution in [0.2, 0.25) is 5.02 Å². The number of alkyl halides is 5. The maximum Gasteiger partial charge on any atom is 0.490 e. The second kappa shape index (κ2) is 13.4. The summed E-state index contributed by atoms with van der Waals surface area (Å²) in [5.41, 5.74) is 1.18. The first-order chi connectivity index (χ1) is 23.3. The number of ether oxygens (including phenoxy) is 1. The Labute approximate surface area is 278 Å². The summed E-state index contributed by atoms with van der Waals surface area (Å²) in [4.78, 5) is 46.9. The maximum atomic E-state index is 14.0. The standard InChI is InChI=1S/C31H26ClF5N8O4/c1-16-3-2-4-24(22-10-17(5-6-38-22)27-23(42-28(16)47)14-41-45(27)30(33)34)43-15-39-21(12-25(43)46)20-11-19(32)9-18-13-40-44(26(18)20)7-8-49-29(48)31(35,36)37/h5-6,9-16,24,30H,2-4,7-8H2,1H3,(H,42,47)/t16-,24+/m1/s1. The first-order valence-electron chi connectivity index (χ1n) is 14.9. The first-order valence-corrected chi connectivity index (χ1v) is 15.3. The van der Waals surface area contributed by atoms with Crippen molar-refractivity contribution in [2.24, 2.45) is 5.92 Å². The van der Waals surface area contributed by atoms with Gasteiger partial charge in [-0.2, -0.15) is 32.1 Å². The number of esters is 1. The Morgan fingerprint density at radius 1 is 1.10 bits per heavy atom. The zero-order valence-electron chi connectivity index (χ0n) is 25.5. The van der Waals surface area contributed by atoms with E-state index in [-0.39, 0.29) is 34.5 Å². The van der Waals surface area contributed by atoms with Crippen molar-refractivity contribution >= 4 is 40.1 Å². The summed E-state index contributed by atoms with van der Waals surface area (Å²) in [5.74, 6) is -3.18. The number of fused-ring (bicyclic) bond motifs is 5. The highest BCUT2D eigenvalue weighted by molar-refractivity contribution is 6.31. The number of nitrogens with one attached hydrogen (secondary N) is 1. The van der Waals surface area contributed by atoms with Crippen LogP contribution < -0.4 is 10.9 Å². The van der Waals surface area contributed by atoms with Gasteiger partial charge in [-0.25, -0.2) is 14.5 Å². The van der Waals surface area contributed by atoms with E-state index in [2.05, 4.69) is 30.2 Å². The van der Waals surface area contributed by atoms with Crippen molar-refractivity contribution in [2.75, 3.05) is 11.9 Å². The SMILES string of the molecule is C[C@@H]1CCC[C@H](n2cnc(-c3cc(Cl)cc4cnn(CCOC(=O)C(F)(F)F)c34)cc2=O)c2cc(ccn2)-c2c(cnn2C(F)F)NC1=O. The Morgan fingerprint density at radius 3 is 2.63 bits per heavy atom. The summed E-state index contributed by atoms with van der Waals surface area (Å²) in [6.07, 6.45) is 1.44. The van der Waals surface area contributed by atoms with Crippen LogP contribution in [-0.4, -0.2) is 58.8 Å². The van der Waals surface area contributed by atoms with Gasteiger partial charge in [-0.05, 0) is 37.1 Å². The van der Waals surface area contributed by atoms with Crippen LogP contribution in [0, 0.1) is 5.92 Å². The molecule has 1 aromatic carbocycles. The fourth-order valence-corrected chi connectivity index (χ4v) is 5.99. The van der Waals surface area contributed by atoms with Gasteiger partial charge in [0.25, 0.3) is 5.56 Å². The zero-order valence-corrected chi connectivity index (χ0v) is 26.3. The quantitative estimate of drug-likeness (QED) is 0.167. The van der Waals surface area contributed by atoms with Gasteiger partial charge in [-0.3, -0.25) is 23.8 Å². The van der Waals surface area contributed by atoms with Crippen molar-refractivity contribution in [3.8, 4) is 22.5 Å². The van der Waals surface area contributed by atoms with Crippen molar-refractivity contribution in [3.05, 3.63) is 76.3 Å². The van der Waals surface area contributed by atoms with E-state index in [1.54, 1.807) is 19.1 Å². The second-order valence-electron chi connectivity index (χ2n) is 11.3. The molecule has 5 aromatic rings. The number of carbonyl (C=O) groups excluding carboxylic acids is 2. The van der Waals surface area contributed by atoms with Crippen LogP contribution >= 0.6 is 11.6 Å². The fourth-order valence-electron chi connectivity index (χ4n) is 5.76. The molecule has 12 nitrogen and oxygen atoms in total. The van der Waals surface area contributed by atoms with Crippen LogP contribution in [0.5, 0.6) is 0 Å². The number of carbonyl (C=O) groups is 2. The van der Waals surface area contributed by atoms with Crippen LogP contribution in [-0.2, 0) is 20.9 Å². The number of pyridine rings is 1. The van der Waals surface area contributed by atoms with Gasteiger partial charge in [0.2, 0.25) is 5.91 Å². The topological polar surface area (TPSA) is 139 Å². The molecule has 0 spiro atoms. The Bertz CT molecular complexity index is 2110. The van der Waals surface area contributed by atoms with Crippen molar-refractivity contribution in [2.45, 2.75) is 51.5 Å². The van der Waals surface area contributed by atoms with Crippen LogP contribution in [0.3, 0.4) is 0 Å². The van der Waals surface area contributed by atoms with Gasteiger partial charge in [-0.1, -0.05) is 24.9 Å². The number of amides is 1. The van der Waals surface area contributed by atoms with Crippen LogP contribution in [0.4, 0.5) is 27.6 Å². The van der Waals surface area contributed by atoms with E-state index in [0.29, 0.717) is 51.7 Å². The molecule has 49 heavy (non-hydrogen) atoms. The number of nitrogens with zero attached hydrogens (tertiary/aromatic N) is 7. The second-order valence-corrected chi connectivity index (χ2v) is 11.8. The molecule has 2 atom stereocenters. The van der Waals surface area contributed by atoms with Gasteiger partial charge in [0.15, 0.2) is 0 Å². The molecule has 0 radical (unpaired) electrons. The molecule has 0 aliphatic carbocycles. The van der Waals surface area contributed by atoms with E-state index in [4.69, 9.17) is 11.6 Å². The van der Waals surface area contributed by atoms with E-state index in [1.807, 2.05) is 0 Å². The molecule has 1 amide bonds. The molecular weight excluding hydrogens is 679 g/mol. The molecule has 2 bridgehead atoms. The number of rotatable bonds is 6. The summed E-state index contributed by atoms with van der Waals surface area (Å²) in [6, 6.07) is 6.71. The van der Waals surface area contributed by atoms with Gasteiger partial charge in [-0.15, -0.1) is 0 Å². The number of benzene rings is 1. The van der Waals surface area contributed by atoms with Crippen LogP contribution in [0.25, 0.3) is 33.4 Å². The predicted molar refractivity (Wildman–Crippen MR) is 166 cm³/mol. The predicted octanol–water partition coefficient (Wildman–Crippen LogP) is 6.02. The van der Waals surface area contributed by atoms with Gasteiger partial charge in [0, 0.05) is 39.7 Å². The largest absolute Gasteiger partial charge is 0.490 e. The minimum Gasteiger partial charge on any atom is -0.457 e. The maximum absolute atomic E-state index is 14.0. The first kappa shape index (κ1) is 33.7. The van der Waals surface area contributed by atoms with Crippen molar-refractivity contribution in [1.82, 2.24) is 34.1 Å². The van der Waals surface area contributed by atoms with Crippen molar-refractivity contribution in [3.63, 3.8) is 0 Å². The Balaban J connectivity index is 1.38. The lowest BCUT2D eigenvalue weighted by molar-refractivity contribution is -0.199. The van der Waals surface area contributed by atoms with Crippen LogP contribution in [0.1, 0.15) is 44.5 Å². The average molecular weight is 705 g/mol. The Kier molecular flexibility index (Phi) is 9.20. The monoisotopic (exact) mass is 704 g/mol. The smallest absolute Gasteiger partial charge is 0.457 e. The molecular formula is C31H26ClF5N8O4. The third kappa shape index (κ3) is 6.88. The Morgan fingerprint density at radius 2 is 1.90 bits per heavy atom. The summed E-state index contributed by atoms with van der Waals surface area (Å²) in [6.45, 7) is -2.14. The van der Waals surface area contributed by atoms with Crippen LogP contribution in [0.15, 0.2) is 60.0 Å². The third-order valence-electron chi connectivity index (χ3n) is 8.11. The van der Waals surface area contributed by atoms with Gasteiger partial charge in [0.05, 0.1) is 59.6 Å². The molecule has 0 unspecified atom stereocenters. The Hall–Kier alpha value is -5.19. The lowest BCUT2D eigenvalue weighted by Crippen LogP contribution is -2.27. The van der Waals surface area contributed by atoms with E-state index in [9.17, 15) is 36.3 Å². The molecule has 4 aromatic heterocycles. The molecule has 1 N–H and O–H groups in total. The van der Waals surface area contributed by atoms with Crippen molar-refractivity contribution in [1.29, 1.82) is 0 Å². The van der Waals surface area contributed by atoms with Gasteiger partial charge >= 0.3 is 18.7 Å². The summed E-state index contributed by atoms with van der Waals surface area (Å²) >= 11 is 6.34. The fraction of sp³-hybridized carbons (Fsp3) is 0.323. The summed E-state index contributed by atoms with van der Waals surface area (Å²) in [7, 11) is 0. The molecule has 6 rings (SSSR count). The molecule has 0 saturated heterocycles. The van der Waals surface area contributed by atoms with Crippen molar-refractivity contribution < 1.29 is 36.3 Å². The molecule has 1 aliphatic heterocycles. The summed E-state index contributed by atoms with van der Waals surface area (Å²) in [5, 5.41) is 11.4. The van der Waals surface area contributed by atoms with E-state index >= 15 is 0 Å². The van der Waals surface area contributed by atoms with E-state index < -0.39 is 42.8 Å². The van der Waals surface area contributed by atoms with Gasteiger partial charge in [0.1, 0.15) is 6.61 Å². The van der Waals surface area contributed by atoms with E-state index in [1.165, 1.54) is 46.2 Å². The molecule has 5 heterocycles. The molecule has 0 saturated carbocycles. The highest BCUT2D eigenvalue weighted by Gasteiger charge is 2.40. The highest BCUT2D eigenvalue weighted by Crippen LogP contribution is 2.35. The highest BCUT2D eigenvalue weighted by atomic mass is 35.5. The minimum atomic E-state index is -5.15. The lowest BCUT2D eigenvalue weighted by atomic mass is 9.97. The average Bonchev–Trinajstić information content (AvgIpc) is 3.66. The summed E-state index contributed by atoms with van der Waals surface area (Å²) < 4.78 is 73.2. The molecule has 18 heteroatoms.